The molecule has 186 valence electrons. The Morgan fingerprint density at radius 1 is 0.909 bits per heavy atom. The zero-order chi connectivity index (χ0) is 24.6. The van der Waals surface area contributed by atoms with Crippen molar-refractivity contribution in [2.45, 2.75) is 119 Å². The summed E-state index contributed by atoms with van der Waals surface area (Å²) in [5, 5.41) is 10.8. The van der Waals surface area contributed by atoms with Crippen molar-refractivity contribution in [3.05, 3.63) is 11.1 Å². The van der Waals surface area contributed by atoms with E-state index < -0.39 is 6.10 Å². The molecule has 0 aromatic heterocycles. The molecule has 4 aliphatic carbocycles. The fraction of sp³-hybridized carbons (Fsp3) is 0.867. The van der Waals surface area contributed by atoms with Crippen molar-refractivity contribution in [1.29, 1.82) is 0 Å². The Kier molecular flexibility index (Phi) is 6.12. The first-order valence-corrected chi connectivity index (χ1v) is 13.7. The number of carbonyl (C=O) groups is 2. The van der Waals surface area contributed by atoms with Crippen LogP contribution in [-0.4, -0.2) is 22.8 Å². The summed E-state index contributed by atoms with van der Waals surface area (Å²) in [5.74, 6) is 2.27. The van der Waals surface area contributed by atoms with E-state index in [9.17, 15) is 14.7 Å². The molecule has 3 nitrogen and oxygen atoms in total. The average molecular weight is 457 g/mol. The van der Waals surface area contributed by atoms with Crippen molar-refractivity contribution in [2.24, 2.45) is 45.3 Å². The highest BCUT2D eigenvalue weighted by Gasteiger charge is 2.67. The van der Waals surface area contributed by atoms with E-state index in [-0.39, 0.29) is 39.1 Å². The van der Waals surface area contributed by atoms with Crippen LogP contribution in [0.3, 0.4) is 0 Å². The third-order valence-corrected chi connectivity index (χ3v) is 11.5. The third-order valence-electron chi connectivity index (χ3n) is 11.5. The van der Waals surface area contributed by atoms with Crippen molar-refractivity contribution in [3.63, 3.8) is 0 Å². The minimum atomic E-state index is -0.410. The van der Waals surface area contributed by atoms with E-state index in [1.165, 1.54) is 19.3 Å². The van der Waals surface area contributed by atoms with Gasteiger partial charge in [-0.1, -0.05) is 74.7 Å². The summed E-state index contributed by atoms with van der Waals surface area (Å²) in [7, 11) is 0. The van der Waals surface area contributed by atoms with Gasteiger partial charge in [0.1, 0.15) is 0 Å². The number of hydrogen-bond acceptors (Lipinski definition) is 3. The molecule has 0 amide bonds. The van der Waals surface area contributed by atoms with Crippen molar-refractivity contribution in [1.82, 2.24) is 0 Å². The molecule has 33 heavy (non-hydrogen) atoms. The number of aliphatic hydroxyl groups is 1. The van der Waals surface area contributed by atoms with E-state index >= 15 is 0 Å². The predicted octanol–water partition coefficient (Wildman–Crippen LogP) is 6.92. The highest BCUT2D eigenvalue weighted by atomic mass is 16.3. The van der Waals surface area contributed by atoms with Gasteiger partial charge in [0.05, 0.1) is 6.10 Å². The molecule has 2 saturated carbocycles. The van der Waals surface area contributed by atoms with Gasteiger partial charge < -0.3 is 5.11 Å². The lowest BCUT2D eigenvalue weighted by atomic mass is 9.43. The number of allylic oxidation sites excluding steroid dienone is 2. The summed E-state index contributed by atoms with van der Waals surface area (Å²) in [4.78, 5) is 27.9. The van der Waals surface area contributed by atoms with Gasteiger partial charge in [-0.15, -0.1) is 0 Å². The Bertz CT molecular complexity index is 866. The van der Waals surface area contributed by atoms with Crippen LogP contribution in [0.25, 0.3) is 0 Å². The molecule has 2 fully saturated rings. The first kappa shape index (κ1) is 25.1. The maximum Gasteiger partial charge on any atom is 0.160 e. The molecule has 0 aromatic carbocycles. The zero-order valence-corrected chi connectivity index (χ0v) is 22.5. The zero-order valence-electron chi connectivity index (χ0n) is 22.5. The number of carbonyl (C=O) groups excluding carboxylic acids is 2. The minimum Gasteiger partial charge on any atom is -0.393 e. The molecule has 0 unspecified atom stereocenters. The molecule has 0 bridgehead atoms. The van der Waals surface area contributed by atoms with Crippen molar-refractivity contribution in [2.75, 3.05) is 0 Å². The SMILES string of the molecule is CC(C)CCC[C@@H](C)[C@H]1CC[C@@]2(C)C3=C(C(=O)C[C@]12C)[C@@]1(C)CC[C@H](O)C(C)(C)[C@@H]1CC3=O. The maximum atomic E-state index is 14.0. The lowest BCUT2D eigenvalue weighted by Gasteiger charge is -2.60. The number of Topliss-reactive ketones (excluding diaryl/α,β-unsaturated/α-hetero) is 2. The summed E-state index contributed by atoms with van der Waals surface area (Å²) in [6.07, 6.45) is 8.04. The Labute approximate surface area is 202 Å². The van der Waals surface area contributed by atoms with E-state index in [4.69, 9.17) is 0 Å². The van der Waals surface area contributed by atoms with Crippen LogP contribution in [-0.2, 0) is 9.59 Å². The smallest absolute Gasteiger partial charge is 0.160 e. The molecular formula is C30H48O3. The standard InChI is InChI=1S/C30H48O3/c1-18(2)10-9-11-19(3)20-12-15-29(7)26-21(31)16-23-27(4,5)24(33)13-14-28(23,6)25(26)22(32)17-30(20,29)8/h18-20,23-24,33H,9-17H2,1-8H3/t19-,20-,23+,24+,28+,29+,30-/m1/s1. The molecule has 0 saturated heterocycles. The van der Waals surface area contributed by atoms with Gasteiger partial charge in [0.2, 0.25) is 0 Å². The van der Waals surface area contributed by atoms with Crippen LogP contribution in [0.1, 0.15) is 113 Å². The van der Waals surface area contributed by atoms with Crippen LogP contribution in [0.4, 0.5) is 0 Å². The summed E-state index contributed by atoms with van der Waals surface area (Å²) in [5.41, 5.74) is 0.780. The maximum absolute atomic E-state index is 14.0. The molecule has 0 aromatic rings. The fourth-order valence-corrected chi connectivity index (χ4v) is 9.16. The summed E-state index contributed by atoms with van der Waals surface area (Å²) >= 11 is 0. The van der Waals surface area contributed by atoms with Crippen LogP contribution in [0.15, 0.2) is 11.1 Å². The van der Waals surface area contributed by atoms with Gasteiger partial charge in [0.25, 0.3) is 0 Å². The van der Waals surface area contributed by atoms with Crippen molar-refractivity contribution in [3.8, 4) is 0 Å². The van der Waals surface area contributed by atoms with Gasteiger partial charge in [-0.25, -0.2) is 0 Å². The summed E-state index contributed by atoms with van der Waals surface area (Å²) in [6, 6.07) is 0. The summed E-state index contributed by atoms with van der Waals surface area (Å²) < 4.78 is 0. The van der Waals surface area contributed by atoms with Crippen molar-refractivity contribution >= 4 is 11.6 Å². The van der Waals surface area contributed by atoms with E-state index in [2.05, 4.69) is 55.4 Å². The average Bonchev–Trinajstić information content (AvgIpc) is 2.97. The van der Waals surface area contributed by atoms with Gasteiger partial charge in [0.15, 0.2) is 11.6 Å². The molecule has 0 aliphatic heterocycles. The molecule has 4 aliphatic rings. The lowest BCUT2D eigenvalue weighted by molar-refractivity contribution is -0.141. The van der Waals surface area contributed by atoms with Gasteiger partial charge in [-0.05, 0) is 60.2 Å². The second-order valence-corrected chi connectivity index (χ2v) is 14.0. The minimum absolute atomic E-state index is 0.0315. The van der Waals surface area contributed by atoms with Crippen LogP contribution < -0.4 is 0 Å². The number of fused-ring (bicyclic) bond motifs is 4. The first-order chi connectivity index (χ1) is 15.2. The van der Waals surface area contributed by atoms with E-state index in [1.807, 2.05) is 0 Å². The van der Waals surface area contributed by atoms with Crippen LogP contribution in [0, 0.1) is 45.3 Å². The van der Waals surface area contributed by atoms with Crippen molar-refractivity contribution < 1.29 is 14.7 Å². The molecule has 4 rings (SSSR count). The number of aliphatic hydroxyl groups excluding tert-OH is 1. The van der Waals surface area contributed by atoms with Gasteiger partial charge in [-0.3, -0.25) is 9.59 Å². The van der Waals surface area contributed by atoms with E-state index in [1.54, 1.807) is 0 Å². The first-order valence-electron chi connectivity index (χ1n) is 13.7. The Hall–Kier alpha value is -0.960. The highest BCUT2D eigenvalue weighted by Crippen LogP contribution is 2.71. The Morgan fingerprint density at radius 3 is 2.21 bits per heavy atom. The predicted molar refractivity (Wildman–Crippen MR) is 134 cm³/mol. The largest absolute Gasteiger partial charge is 0.393 e. The van der Waals surface area contributed by atoms with Crippen LogP contribution >= 0.6 is 0 Å². The third kappa shape index (κ3) is 3.46. The number of ketones is 2. The number of rotatable bonds is 5. The van der Waals surface area contributed by atoms with E-state index in [0.29, 0.717) is 31.1 Å². The lowest BCUT2D eigenvalue weighted by Crippen LogP contribution is -2.59. The molecule has 3 heteroatoms. The second kappa shape index (κ2) is 8.04. The molecule has 0 heterocycles. The van der Waals surface area contributed by atoms with Crippen LogP contribution in [0.5, 0.6) is 0 Å². The molecular weight excluding hydrogens is 408 g/mol. The molecule has 7 atom stereocenters. The Morgan fingerprint density at radius 2 is 1.58 bits per heavy atom. The van der Waals surface area contributed by atoms with Gasteiger partial charge in [0, 0.05) is 34.8 Å². The topological polar surface area (TPSA) is 54.4 Å². The number of hydrogen-bond donors (Lipinski definition) is 1. The second-order valence-electron chi connectivity index (χ2n) is 14.0. The van der Waals surface area contributed by atoms with Crippen LogP contribution in [0.2, 0.25) is 0 Å². The fourth-order valence-electron chi connectivity index (χ4n) is 9.16. The summed E-state index contributed by atoms with van der Waals surface area (Å²) in [6.45, 7) is 18.1. The Balaban J connectivity index is 1.74. The monoisotopic (exact) mass is 456 g/mol. The molecule has 0 spiro atoms. The van der Waals surface area contributed by atoms with Gasteiger partial charge >= 0.3 is 0 Å². The van der Waals surface area contributed by atoms with Gasteiger partial charge in [-0.2, -0.15) is 0 Å². The molecule has 0 radical (unpaired) electrons. The quantitative estimate of drug-likeness (QED) is 0.488. The highest BCUT2D eigenvalue weighted by molar-refractivity contribution is 6.11. The normalized spacial score (nSPS) is 43.4. The molecule has 1 N–H and O–H groups in total. The van der Waals surface area contributed by atoms with E-state index in [0.717, 1.165) is 36.3 Å².